The molecule has 0 saturated carbocycles. The van der Waals surface area contributed by atoms with E-state index in [1.54, 1.807) is 11.3 Å². The van der Waals surface area contributed by atoms with Gasteiger partial charge in [0.2, 0.25) is 0 Å². The fraction of sp³-hybridized carbons (Fsp3) is 0.214. The molecule has 0 amide bonds. The van der Waals surface area contributed by atoms with E-state index >= 15 is 0 Å². The SMILES string of the molecule is ClCCc1nc2cccc(Cl)c2n1Cc1cc(Br)cs1. The van der Waals surface area contributed by atoms with Crippen molar-refractivity contribution in [1.29, 1.82) is 0 Å². The number of para-hydroxylation sites is 1. The standard InChI is InChI=1S/C14H11BrCl2N2S/c15-9-6-10(20-8-9)7-19-13(4-5-16)18-12-3-1-2-11(17)14(12)19/h1-3,6,8H,4-5,7H2. The van der Waals surface area contributed by atoms with Crippen LogP contribution in [0.2, 0.25) is 5.02 Å². The number of hydrogen-bond acceptors (Lipinski definition) is 2. The molecule has 0 aliphatic carbocycles. The lowest BCUT2D eigenvalue weighted by atomic mass is 10.3. The van der Waals surface area contributed by atoms with Gasteiger partial charge in [0, 0.05) is 27.0 Å². The van der Waals surface area contributed by atoms with Crippen LogP contribution in [-0.4, -0.2) is 15.4 Å². The van der Waals surface area contributed by atoms with Gasteiger partial charge in [0.15, 0.2) is 0 Å². The molecule has 0 bridgehead atoms. The Morgan fingerprint density at radius 1 is 1.35 bits per heavy atom. The second kappa shape index (κ2) is 6.06. The summed E-state index contributed by atoms with van der Waals surface area (Å²) in [4.78, 5) is 5.91. The molecule has 2 nitrogen and oxygen atoms in total. The number of imidazole rings is 1. The molecule has 0 atom stereocenters. The van der Waals surface area contributed by atoms with Gasteiger partial charge in [0.25, 0.3) is 0 Å². The molecular formula is C14H11BrCl2N2S. The number of fused-ring (bicyclic) bond motifs is 1. The predicted molar refractivity (Wildman–Crippen MR) is 90.3 cm³/mol. The fourth-order valence-corrected chi connectivity index (χ4v) is 4.11. The van der Waals surface area contributed by atoms with Gasteiger partial charge in [-0.3, -0.25) is 0 Å². The minimum atomic E-state index is 0.551. The molecule has 2 heterocycles. The molecule has 20 heavy (non-hydrogen) atoms. The summed E-state index contributed by atoms with van der Waals surface area (Å²) in [5.41, 5.74) is 1.91. The molecule has 3 aromatic rings. The number of halogens is 3. The van der Waals surface area contributed by atoms with Gasteiger partial charge < -0.3 is 4.57 Å². The summed E-state index contributed by atoms with van der Waals surface area (Å²) in [6.45, 7) is 0.767. The highest BCUT2D eigenvalue weighted by atomic mass is 79.9. The molecule has 2 aromatic heterocycles. The van der Waals surface area contributed by atoms with Crippen LogP contribution in [0.15, 0.2) is 34.1 Å². The zero-order valence-corrected chi connectivity index (χ0v) is 14.4. The fourth-order valence-electron chi connectivity index (χ4n) is 2.23. The number of thiophene rings is 1. The normalized spacial score (nSPS) is 11.3. The first-order valence-corrected chi connectivity index (χ1v) is 8.70. The summed E-state index contributed by atoms with van der Waals surface area (Å²) < 4.78 is 3.27. The number of rotatable bonds is 4. The number of hydrogen-bond donors (Lipinski definition) is 0. The highest BCUT2D eigenvalue weighted by Gasteiger charge is 2.14. The van der Waals surface area contributed by atoms with Crippen molar-refractivity contribution in [3.63, 3.8) is 0 Å². The minimum absolute atomic E-state index is 0.551. The summed E-state index contributed by atoms with van der Waals surface area (Å²) in [5.74, 6) is 1.53. The summed E-state index contributed by atoms with van der Waals surface area (Å²) in [5, 5.41) is 2.81. The lowest BCUT2D eigenvalue weighted by Gasteiger charge is -2.07. The maximum absolute atomic E-state index is 6.35. The lowest BCUT2D eigenvalue weighted by molar-refractivity contribution is 0.763. The maximum Gasteiger partial charge on any atom is 0.111 e. The highest BCUT2D eigenvalue weighted by Crippen LogP contribution is 2.28. The van der Waals surface area contributed by atoms with Gasteiger partial charge in [-0.05, 0) is 34.1 Å². The third kappa shape index (κ3) is 2.75. The molecule has 0 fully saturated rings. The first kappa shape index (κ1) is 14.4. The van der Waals surface area contributed by atoms with Crippen molar-refractivity contribution in [2.45, 2.75) is 13.0 Å². The lowest BCUT2D eigenvalue weighted by Crippen LogP contribution is -2.05. The number of aryl methyl sites for hydroxylation is 1. The summed E-state index contributed by atoms with van der Waals surface area (Å²) in [6, 6.07) is 7.93. The molecule has 0 saturated heterocycles. The second-order valence-corrected chi connectivity index (χ2v) is 7.09. The van der Waals surface area contributed by atoms with E-state index in [-0.39, 0.29) is 0 Å². The average Bonchev–Trinajstić information content (AvgIpc) is 2.96. The van der Waals surface area contributed by atoms with E-state index in [0.717, 1.165) is 39.3 Å². The van der Waals surface area contributed by atoms with Crippen molar-refractivity contribution in [2.75, 3.05) is 5.88 Å². The number of benzene rings is 1. The van der Waals surface area contributed by atoms with Crippen LogP contribution in [-0.2, 0) is 13.0 Å². The van der Waals surface area contributed by atoms with Crippen molar-refractivity contribution in [2.24, 2.45) is 0 Å². The Labute approximate surface area is 139 Å². The molecule has 0 N–H and O–H groups in total. The summed E-state index contributed by atoms with van der Waals surface area (Å²) in [6.07, 6.45) is 0.735. The van der Waals surface area contributed by atoms with Crippen LogP contribution in [0.4, 0.5) is 0 Å². The molecular weight excluding hydrogens is 379 g/mol. The van der Waals surface area contributed by atoms with E-state index in [2.05, 4.69) is 36.9 Å². The van der Waals surface area contributed by atoms with Gasteiger partial charge in [-0.25, -0.2) is 4.98 Å². The smallest absolute Gasteiger partial charge is 0.111 e. The van der Waals surface area contributed by atoms with E-state index in [4.69, 9.17) is 23.2 Å². The van der Waals surface area contributed by atoms with Crippen LogP contribution in [0.3, 0.4) is 0 Å². The third-order valence-corrected chi connectivity index (χ3v) is 5.23. The Hall–Kier alpha value is -0.550. The van der Waals surface area contributed by atoms with Crippen molar-refractivity contribution in [3.8, 4) is 0 Å². The topological polar surface area (TPSA) is 17.8 Å². The van der Waals surface area contributed by atoms with Crippen LogP contribution >= 0.6 is 50.5 Å². The van der Waals surface area contributed by atoms with Crippen molar-refractivity contribution >= 4 is 61.5 Å². The predicted octanol–water partition coefficient (Wildman–Crippen LogP) is 5.34. The molecule has 0 unspecified atom stereocenters. The quantitative estimate of drug-likeness (QED) is 0.550. The molecule has 0 aliphatic rings. The van der Waals surface area contributed by atoms with Crippen LogP contribution < -0.4 is 0 Å². The number of nitrogens with zero attached hydrogens (tertiary/aromatic N) is 2. The van der Waals surface area contributed by atoms with E-state index in [0.29, 0.717) is 5.88 Å². The Balaban J connectivity index is 2.12. The zero-order valence-electron chi connectivity index (χ0n) is 10.4. The van der Waals surface area contributed by atoms with E-state index in [1.807, 2.05) is 18.2 Å². The third-order valence-electron chi connectivity index (χ3n) is 3.05. The van der Waals surface area contributed by atoms with Crippen LogP contribution in [0.5, 0.6) is 0 Å². The maximum atomic E-state index is 6.35. The first-order chi connectivity index (χ1) is 9.69. The second-order valence-electron chi connectivity index (χ2n) is 4.39. The number of alkyl halides is 1. The van der Waals surface area contributed by atoms with E-state index < -0.39 is 0 Å². The first-order valence-electron chi connectivity index (χ1n) is 6.11. The monoisotopic (exact) mass is 388 g/mol. The van der Waals surface area contributed by atoms with Gasteiger partial charge in [0.05, 0.1) is 22.6 Å². The van der Waals surface area contributed by atoms with Gasteiger partial charge in [-0.15, -0.1) is 22.9 Å². The van der Waals surface area contributed by atoms with E-state index in [9.17, 15) is 0 Å². The van der Waals surface area contributed by atoms with Crippen LogP contribution in [0.25, 0.3) is 11.0 Å². The highest BCUT2D eigenvalue weighted by molar-refractivity contribution is 9.10. The molecule has 0 spiro atoms. The average molecular weight is 390 g/mol. The van der Waals surface area contributed by atoms with Gasteiger partial charge in [-0.1, -0.05) is 17.7 Å². The van der Waals surface area contributed by atoms with Crippen LogP contribution in [0, 0.1) is 0 Å². The van der Waals surface area contributed by atoms with Gasteiger partial charge in [-0.2, -0.15) is 0 Å². The Kier molecular flexibility index (Phi) is 4.36. The Morgan fingerprint density at radius 2 is 2.20 bits per heavy atom. The number of aromatic nitrogens is 2. The molecule has 104 valence electrons. The molecule has 1 aromatic carbocycles. The van der Waals surface area contributed by atoms with Gasteiger partial charge >= 0.3 is 0 Å². The molecule has 3 rings (SSSR count). The van der Waals surface area contributed by atoms with Crippen LogP contribution in [0.1, 0.15) is 10.7 Å². The largest absolute Gasteiger partial charge is 0.321 e. The molecule has 0 radical (unpaired) electrons. The van der Waals surface area contributed by atoms with E-state index in [1.165, 1.54) is 4.88 Å². The summed E-state index contributed by atoms with van der Waals surface area (Å²) >= 11 is 17.4. The van der Waals surface area contributed by atoms with Gasteiger partial charge in [0.1, 0.15) is 5.82 Å². The zero-order chi connectivity index (χ0) is 14.1. The Bertz CT molecular complexity index is 751. The van der Waals surface area contributed by atoms with Crippen molar-refractivity contribution in [1.82, 2.24) is 9.55 Å². The van der Waals surface area contributed by atoms with Crippen molar-refractivity contribution < 1.29 is 0 Å². The summed E-state index contributed by atoms with van der Waals surface area (Å²) in [7, 11) is 0. The molecule has 0 aliphatic heterocycles. The minimum Gasteiger partial charge on any atom is -0.321 e. The molecule has 6 heteroatoms. The Morgan fingerprint density at radius 3 is 2.90 bits per heavy atom. The van der Waals surface area contributed by atoms with Crippen molar-refractivity contribution in [3.05, 3.63) is 49.8 Å².